The van der Waals surface area contributed by atoms with Crippen molar-refractivity contribution >= 4 is 18.4 Å². The van der Waals surface area contributed by atoms with Gasteiger partial charge in [0.1, 0.15) is 18.1 Å². The topological polar surface area (TPSA) is 70.5 Å². The lowest BCUT2D eigenvalue weighted by Gasteiger charge is -2.13. The fraction of sp³-hybridized carbons (Fsp3) is 0.0769. The summed E-state index contributed by atoms with van der Waals surface area (Å²) in [5.74, 6) is 1.30. The van der Waals surface area contributed by atoms with E-state index in [1.54, 1.807) is 24.3 Å². The number of ether oxygens (including phenoxy) is 1. The van der Waals surface area contributed by atoms with E-state index in [1.165, 1.54) is 0 Å². The average Bonchev–Trinajstić information content (AvgIpc) is 2.37. The first-order valence-corrected chi connectivity index (χ1v) is 8.52. The van der Waals surface area contributed by atoms with Crippen molar-refractivity contribution in [3.63, 3.8) is 0 Å². The van der Waals surface area contributed by atoms with E-state index in [9.17, 15) is 0 Å². The van der Waals surface area contributed by atoms with Crippen LogP contribution in [-0.2, 0) is 18.4 Å². The second-order valence-corrected chi connectivity index (χ2v) is 7.17. The minimum atomic E-state index is -2.67. The van der Waals surface area contributed by atoms with Gasteiger partial charge in [0, 0.05) is 0 Å². The van der Waals surface area contributed by atoms with Gasteiger partial charge < -0.3 is 9.26 Å². The summed E-state index contributed by atoms with van der Waals surface area (Å²) < 4.78 is 10.9. The molecule has 2 rings (SSSR count). The van der Waals surface area contributed by atoms with Crippen LogP contribution in [0.25, 0.3) is 0 Å². The summed E-state index contributed by atoms with van der Waals surface area (Å²) in [7, 11) is 0. The van der Waals surface area contributed by atoms with Crippen LogP contribution in [-0.4, -0.2) is 0 Å². The molecule has 0 atom stereocenters. The first kappa shape index (κ1) is 14.0. The molecule has 100 valence electrons. The van der Waals surface area contributed by atoms with Crippen molar-refractivity contribution in [2.45, 2.75) is 6.61 Å². The lowest BCUT2D eigenvalue weighted by Crippen LogP contribution is -2.10. The summed E-state index contributed by atoms with van der Waals surface area (Å²) in [5, 5.41) is 0. The van der Waals surface area contributed by atoms with Crippen molar-refractivity contribution in [3.05, 3.63) is 60.2 Å². The van der Waals surface area contributed by atoms with Crippen LogP contribution < -0.4 is 20.3 Å². The molecule has 0 aromatic heterocycles. The zero-order valence-corrected chi connectivity index (χ0v) is 11.9. The lowest BCUT2D eigenvalue weighted by molar-refractivity contribution is 0.306. The Balaban J connectivity index is 1.94. The van der Waals surface area contributed by atoms with Gasteiger partial charge in [0.25, 0.3) is 0 Å². The molecule has 0 unspecified atom stereocenters. The van der Waals surface area contributed by atoms with E-state index in [0.29, 0.717) is 12.4 Å². The lowest BCUT2D eigenvalue weighted by atomic mass is 10.2. The molecular formula is C13H15N2O2PS. The van der Waals surface area contributed by atoms with E-state index in [0.717, 1.165) is 11.3 Å². The van der Waals surface area contributed by atoms with Crippen molar-refractivity contribution in [1.29, 1.82) is 0 Å². The van der Waals surface area contributed by atoms with Gasteiger partial charge in [-0.25, -0.2) is 0 Å². The second-order valence-electron chi connectivity index (χ2n) is 3.98. The van der Waals surface area contributed by atoms with Gasteiger partial charge in [-0.1, -0.05) is 30.3 Å². The summed E-state index contributed by atoms with van der Waals surface area (Å²) in [6.07, 6.45) is 0. The predicted octanol–water partition coefficient (Wildman–Crippen LogP) is 2.79. The standard InChI is InChI=1S/C13H15N2O2PS/c14-18(15,19)17-13-8-6-12(7-9-13)16-10-11-4-2-1-3-5-11/h1-9H,10H2,(H4,14,15,19). The summed E-state index contributed by atoms with van der Waals surface area (Å²) in [5.41, 5.74) is 12.1. The highest BCUT2D eigenvalue weighted by Gasteiger charge is 2.05. The summed E-state index contributed by atoms with van der Waals surface area (Å²) in [4.78, 5) is 0. The van der Waals surface area contributed by atoms with E-state index >= 15 is 0 Å². The van der Waals surface area contributed by atoms with Gasteiger partial charge in [-0.15, -0.1) is 0 Å². The molecule has 0 fully saturated rings. The molecule has 0 aliphatic carbocycles. The van der Waals surface area contributed by atoms with Crippen LogP contribution in [0.15, 0.2) is 54.6 Å². The molecule has 0 aliphatic heterocycles. The van der Waals surface area contributed by atoms with Crippen LogP contribution in [0.3, 0.4) is 0 Å². The van der Waals surface area contributed by atoms with Crippen molar-refractivity contribution in [3.8, 4) is 11.5 Å². The minimum Gasteiger partial charge on any atom is -0.489 e. The third-order valence-electron chi connectivity index (χ3n) is 2.32. The molecule has 0 spiro atoms. The van der Waals surface area contributed by atoms with Gasteiger partial charge in [0.05, 0.1) is 0 Å². The third kappa shape index (κ3) is 5.01. The van der Waals surface area contributed by atoms with E-state index in [4.69, 9.17) is 32.1 Å². The molecule has 2 aromatic carbocycles. The van der Waals surface area contributed by atoms with Gasteiger partial charge >= 0.3 is 0 Å². The molecule has 2 aromatic rings. The van der Waals surface area contributed by atoms with Crippen LogP contribution in [0, 0.1) is 0 Å². The van der Waals surface area contributed by atoms with E-state index in [-0.39, 0.29) is 0 Å². The van der Waals surface area contributed by atoms with Gasteiger partial charge in [0.2, 0.25) is 6.57 Å². The van der Waals surface area contributed by atoms with Crippen LogP contribution in [0.2, 0.25) is 0 Å². The highest BCUT2D eigenvalue weighted by Crippen LogP contribution is 2.31. The predicted molar refractivity (Wildman–Crippen MR) is 80.5 cm³/mol. The first-order valence-electron chi connectivity index (χ1n) is 5.66. The maximum atomic E-state index is 5.64. The van der Waals surface area contributed by atoms with Crippen molar-refractivity contribution in [1.82, 2.24) is 0 Å². The maximum absolute atomic E-state index is 5.64. The van der Waals surface area contributed by atoms with Crippen molar-refractivity contribution in [2.24, 2.45) is 11.0 Å². The summed E-state index contributed by atoms with van der Waals surface area (Å²) in [6.45, 7) is -2.15. The molecule has 0 saturated carbocycles. The Hall–Kier alpha value is -1.39. The fourth-order valence-electron chi connectivity index (χ4n) is 1.50. The van der Waals surface area contributed by atoms with Crippen molar-refractivity contribution < 1.29 is 9.26 Å². The molecule has 4 nitrogen and oxygen atoms in total. The van der Waals surface area contributed by atoms with E-state index in [1.807, 2.05) is 30.3 Å². The highest BCUT2D eigenvalue weighted by atomic mass is 32.4. The largest absolute Gasteiger partial charge is 0.489 e. The maximum Gasteiger partial charge on any atom is 0.242 e. The Morgan fingerprint density at radius 2 is 1.47 bits per heavy atom. The quantitative estimate of drug-likeness (QED) is 0.830. The number of hydrogen-bond donors (Lipinski definition) is 2. The van der Waals surface area contributed by atoms with Gasteiger partial charge in [-0.2, -0.15) is 0 Å². The molecule has 0 saturated heterocycles. The Morgan fingerprint density at radius 3 is 2.05 bits per heavy atom. The summed E-state index contributed by atoms with van der Waals surface area (Å²) >= 11 is 4.83. The van der Waals surface area contributed by atoms with Crippen molar-refractivity contribution in [2.75, 3.05) is 0 Å². The molecule has 4 N–H and O–H groups in total. The van der Waals surface area contributed by atoms with E-state index < -0.39 is 6.57 Å². The van der Waals surface area contributed by atoms with Gasteiger partial charge in [-0.3, -0.25) is 11.0 Å². The van der Waals surface area contributed by atoms with Crippen LogP contribution in [0.1, 0.15) is 5.56 Å². The SMILES string of the molecule is NP(N)(=S)Oc1ccc(OCc2ccccc2)cc1. The molecule has 0 amide bonds. The summed E-state index contributed by atoms with van der Waals surface area (Å²) in [6, 6.07) is 17.0. The Labute approximate surface area is 117 Å². The molecule has 6 heteroatoms. The number of benzene rings is 2. The minimum absolute atomic E-state index is 0.521. The Bertz CT molecular complexity index is 569. The monoisotopic (exact) mass is 294 g/mol. The van der Waals surface area contributed by atoms with Gasteiger partial charge in [-0.05, 0) is 41.6 Å². The second kappa shape index (κ2) is 6.17. The van der Waals surface area contributed by atoms with Crippen LogP contribution in [0.4, 0.5) is 0 Å². The Kier molecular flexibility index (Phi) is 4.56. The smallest absolute Gasteiger partial charge is 0.242 e. The number of rotatable bonds is 5. The zero-order valence-electron chi connectivity index (χ0n) is 10.2. The Morgan fingerprint density at radius 1 is 0.895 bits per heavy atom. The molecular weight excluding hydrogens is 279 g/mol. The normalized spacial score (nSPS) is 11.1. The highest BCUT2D eigenvalue weighted by molar-refractivity contribution is 8.10. The van der Waals surface area contributed by atoms with Crippen LogP contribution >= 0.6 is 6.57 Å². The first-order chi connectivity index (χ1) is 9.03. The molecule has 0 aliphatic rings. The number of nitrogens with two attached hydrogens (primary N) is 2. The molecule has 0 radical (unpaired) electrons. The third-order valence-corrected chi connectivity index (χ3v) is 3.04. The molecule has 0 bridgehead atoms. The molecule has 0 heterocycles. The number of hydrogen-bond acceptors (Lipinski definition) is 3. The van der Waals surface area contributed by atoms with E-state index in [2.05, 4.69) is 0 Å². The average molecular weight is 294 g/mol. The molecule has 19 heavy (non-hydrogen) atoms. The zero-order chi connectivity index (χ0) is 13.7. The van der Waals surface area contributed by atoms with Crippen LogP contribution in [0.5, 0.6) is 11.5 Å². The van der Waals surface area contributed by atoms with Gasteiger partial charge in [0.15, 0.2) is 0 Å². The fourth-order valence-corrected chi connectivity index (χ4v) is 2.21.